The second kappa shape index (κ2) is 6.50. The number of carbonyl (C=O) groups excluding carboxylic acids is 1. The van der Waals surface area contributed by atoms with Gasteiger partial charge in [0, 0.05) is 6.54 Å². The number of ether oxygens (including phenoxy) is 1. The van der Waals surface area contributed by atoms with E-state index >= 15 is 0 Å². The van der Waals surface area contributed by atoms with Crippen molar-refractivity contribution in [2.24, 2.45) is 0 Å². The van der Waals surface area contributed by atoms with E-state index in [1.165, 1.54) is 0 Å². The molecule has 1 N–H and O–H groups in total. The molecule has 0 aromatic heterocycles. The fourth-order valence-corrected chi connectivity index (χ4v) is 1.63. The summed E-state index contributed by atoms with van der Waals surface area (Å²) in [5.41, 5.74) is 0.772. The highest BCUT2D eigenvalue weighted by atomic mass is 35.5. The van der Waals surface area contributed by atoms with E-state index in [0.717, 1.165) is 11.3 Å². The smallest absolute Gasteiger partial charge is 0.242 e. The first kappa shape index (κ1) is 13.8. The Morgan fingerprint density at radius 3 is 2.41 bits per heavy atom. The molecule has 0 aliphatic rings. The molecular formula is C13H18ClNO2. The van der Waals surface area contributed by atoms with Crippen molar-refractivity contribution in [1.29, 1.82) is 0 Å². The Morgan fingerprint density at radius 1 is 1.35 bits per heavy atom. The third-order valence-corrected chi connectivity index (χ3v) is 2.58. The summed E-state index contributed by atoms with van der Waals surface area (Å²) in [5.74, 6) is 0.607. The third-order valence-electron chi connectivity index (χ3n) is 2.13. The highest BCUT2D eigenvalue weighted by molar-refractivity contribution is 6.30. The van der Waals surface area contributed by atoms with Crippen LogP contribution in [0.4, 0.5) is 0 Å². The van der Waals surface area contributed by atoms with Gasteiger partial charge in [-0.1, -0.05) is 12.1 Å². The van der Waals surface area contributed by atoms with Gasteiger partial charge in [0.1, 0.15) is 11.1 Å². The van der Waals surface area contributed by atoms with Gasteiger partial charge in [-0.05, 0) is 38.5 Å². The molecule has 0 radical (unpaired) electrons. The van der Waals surface area contributed by atoms with Crippen LogP contribution in [0.2, 0.25) is 0 Å². The number of carbonyl (C=O) groups is 1. The summed E-state index contributed by atoms with van der Waals surface area (Å²) in [4.78, 5) is 11.5. The average molecular weight is 256 g/mol. The van der Waals surface area contributed by atoms with E-state index in [2.05, 4.69) is 5.32 Å². The lowest BCUT2D eigenvalue weighted by atomic mass is 10.1. The molecule has 1 atom stereocenters. The number of alkyl halides is 1. The standard InChI is InChI=1S/C13H18ClNO2/c1-4-15-13(16)12(14)10-5-7-11(8-6-10)17-9(2)3/h5-9,12H,4H2,1-3H3,(H,15,16). The van der Waals surface area contributed by atoms with Gasteiger partial charge in [0.05, 0.1) is 6.10 Å². The number of benzene rings is 1. The largest absolute Gasteiger partial charge is 0.491 e. The van der Waals surface area contributed by atoms with Gasteiger partial charge in [-0.15, -0.1) is 11.6 Å². The molecule has 0 saturated carbocycles. The van der Waals surface area contributed by atoms with Gasteiger partial charge in [-0.2, -0.15) is 0 Å². The Bertz CT molecular complexity index is 362. The molecule has 1 amide bonds. The van der Waals surface area contributed by atoms with E-state index in [0.29, 0.717) is 6.54 Å². The molecule has 1 aromatic carbocycles. The van der Waals surface area contributed by atoms with Crippen molar-refractivity contribution in [3.05, 3.63) is 29.8 Å². The van der Waals surface area contributed by atoms with E-state index in [1.54, 1.807) is 0 Å². The first-order valence-corrected chi connectivity index (χ1v) is 6.16. The van der Waals surface area contributed by atoms with Gasteiger partial charge >= 0.3 is 0 Å². The van der Waals surface area contributed by atoms with Gasteiger partial charge in [0.15, 0.2) is 0 Å². The number of halogens is 1. The van der Waals surface area contributed by atoms with Crippen LogP contribution in [-0.2, 0) is 4.79 Å². The minimum absolute atomic E-state index is 0.135. The van der Waals surface area contributed by atoms with Crippen LogP contribution in [0.15, 0.2) is 24.3 Å². The number of nitrogens with one attached hydrogen (secondary N) is 1. The highest BCUT2D eigenvalue weighted by Crippen LogP contribution is 2.23. The summed E-state index contributed by atoms with van der Waals surface area (Å²) in [5, 5.41) is 2.04. The SMILES string of the molecule is CCNC(=O)C(Cl)c1ccc(OC(C)C)cc1. The molecule has 0 bridgehead atoms. The summed E-state index contributed by atoms with van der Waals surface area (Å²) in [7, 11) is 0. The molecule has 0 fully saturated rings. The van der Waals surface area contributed by atoms with Crippen LogP contribution in [0.25, 0.3) is 0 Å². The molecule has 4 heteroatoms. The van der Waals surface area contributed by atoms with Crippen LogP contribution in [0.1, 0.15) is 31.7 Å². The van der Waals surface area contributed by atoms with Gasteiger partial charge < -0.3 is 10.1 Å². The predicted molar refractivity (Wildman–Crippen MR) is 69.5 cm³/mol. The molecule has 0 saturated heterocycles. The lowest BCUT2D eigenvalue weighted by Gasteiger charge is -2.12. The lowest BCUT2D eigenvalue weighted by Crippen LogP contribution is -2.26. The quantitative estimate of drug-likeness (QED) is 0.822. The Hall–Kier alpha value is -1.22. The van der Waals surface area contributed by atoms with Crippen molar-refractivity contribution < 1.29 is 9.53 Å². The van der Waals surface area contributed by atoms with Crippen molar-refractivity contribution >= 4 is 17.5 Å². The van der Waals surface area contributed by atoms with Gasteiger partial charge in [-0.25, -0.2) is 0 Å². The first-order valence-electron chi connectivity index (χ1n) is 5.73. The zero-order chi connectivity index (χ0) is 12.8. The van der Waals surface area contributed by atoms with E-state index in [4.69, 9.17) is 16.3 Å². The van der Waals surface area contributed by atoms with Crippen LogP contribution < -0.4 is 10.1 Å². The highest BCUT2D eigenvalue weighted by Gasteiger charge is 2.16. The molecule has 1 rings (SSSR count). The second-order valence-electron chi connectivity index (χ2n) is 3.99. The Morgan fingerprint density at radius 2 is 1.94 bits per heavy atom. The maximum atomic E-state index is 11.5. The van der Waals surface area contributed by atoms with Crippen molar-refractivity contribution in [2.45, 2.75) is 32.3 Å². The van der Waals surface area contributed by atoms with Crippen molar-refractivity contribution in [1.82, 2.24) is 5.32 Å². The first-order chi connectivity index (χ1) is 8.04. The summed E-state index contributed by atoms with van der Waals surface area (Å²) in [6, 6.07) is 7.27. The van der Waals surface area contributed by atoms with E-state index in [9.17, 15) is 4.79 Å². The van der Waals surface area contributed by atoms with Crippen LogP contribution in [0.5, 0.6) is 5.75 Å². The van der Waals surface area contributed by atoms with Crippen molar-refractivity contribution in [3.63, 3.8) is 0 Å². The van der Waals surface area contributed by atoms with Crippen LogP contribution >= 0.6 is 11.6 Å². The van der Waals surface area contributed by atoms with Crippen LogP contribution in [0.3, 0.4) is 0 Å². The maximum Gasteiger partial charge on any atom is 0.242 e. The van der Waals surface area contributed by atoms with Gasteiger partial charge in [0.25, 0.3) is 0 Å². The summed E-state index contributed by atoms with van der Waals surface area (Å²) in [6.07, 6.45) is 0.135. The van der Waals surface area contributed by atoms with Crippen molar-refractivity contribution in [3.8, 4) is 5.75 Å². The molecule has 3 nitrogen and oxygen atoms in total. The molecular weight excluding hydrogens is 238 g/mol. The maximum absolute atomic E-state index is 11.5. The fraction of sp³-hybridized carbons (Fsp3) is 0.462. The number of likely N-dealkylation sites (N-methyl/N-ethyl adjacent to an activating group) is 1. The summed E-state index contributed by atoms with van der Waals surface area (Å²) >= 11 is 6.04. The van der Waals surface area contributed by atoms with Crippen LogP contribution in [-0.4, -0.2) is 18.6 Å². The Kier molecular flexibility index (Phi) is 5.29. The number of hydrogen-bond acceptors (Lipinski definition) is 2. The Labute approximate surface area is 107 Å². The monoisotopic (exact) mass is 255 g/mol. The predicted octanol–water partition coefficient (Wildman–Crippen LogP) is 2.89. The summed E-state index contributed by atoms with van der Waals surface area (Å²) < 4.78 is 5.51. The molecule has 0 spiro atoms. The Balaban J connectivity index is 2.70. The second-order valence-corrected chi connectivity index (χ2v) is 4.43. The average Bonchev–Trinajstić information content (AvgIpc) is 2.28. The number of amides is 1. The van der Waals surface area contributed by atoms with Crippen LogP contribution in [0, 0.1) is 0 Å². The number of hydrogen-bond donors (Lipinski definition) is 1. The normalized spacial score (nSPS) is 12.3. The molecule has 94 valence electrons. The zero-order valence-electron chi connectivity index (χ0n) is 10.4. The third kappa shape index (κ3) is 4.27. The fourth-order valence-electron chi connectivity index (χ4n) is 1.40. The number of rotatable bonds is 5. The minimum atomic E-state index is -0.650. The van der Waals surface area contributed by atoms with E-state index in [1.807, 2.05) is 45.0 Å². The molecule has 1 unspecified atom stereocenters. The molecule has 1 aromatic rings. The molecule has 17 heavy (non-hydrogen) atoms. The molecule has 0 heterocycles. The van der Waals surface area contributed by atoms with E-state index in [-0.39, 0.29) is 12.0 Å². The summed E-state index contributed by atoms with van der Waals surface area (Å²) in [6.45, 7) is 6.37. The van der Waals surface area contributed by atoms with Gasteiger partial charge in [0.2, 0.25) is 5.91 Å². The van der Waals surface area contributed by atoms with E-state index < -0.39 is 5.38 Å². The molecule has 0 aliphatic carbocycles. The topological polar surface area (TPSA) is 38.3 Å². The lowest BCUT2D eigenvalue weighted by molar-refractivity contribution is -0.120. The van der Waals surface area contributed by atoms with Gasteiger partial charge in [-0.3, -0.25) is 4.79 Å². The molecule has 0 aliphatic heterocycles. The minimum Gasteiger partial charge on any atom is -0.491 e. The zero-order valence-corrected chi connectivity index (χ0v) is 11.1. The van der Waals surface area contributed by atoms with Crippen molar-refractivity contribution in [2.75, 3.05) is 6.54 Å².